The molecule has 62 heteroatoms. The van der Waals surface area contributed by atoms with Crippen LogP contribution < -0.4 is 27.7 Å². The van der Waals surface area contributed by atoms with Crippen molar-refractivity contribution in [3.05, 3.63) is 98.0 Å². The molecule has 14 aromatic rings. The fraction of sp³-hybridized carbons (Fsp3) is 0.485. The number of hydrogen-bond donors (Lipinski definition) is 13. The van der Waals surface area contributed by atoms with E-state index in [0.717, 1.165) is 98.5 Å². The molecule has 712 valence electrons. The lowest BCUT2D eigenvalue weighted by Crippen LogP contribution is -2.24. The highest BCUT2D eigenvalue weighted by Gasteiger charge is 2.39. The second kappa shape index (κ2) is 61.6. The summed E-state index contributed by atoms with van der Waals surface area (Å²) in [6.07, 6.45) is 13.6. The van der Waals surface area contributed by atoms with E-state index in [4.69, 9.17) is 63.4 Å². The largest absolute Gasteiger partial charge is 0.480 e. The van der Waals surface area contributed by atoms with Crippen LogP contribution in [0.15, 0.2) is 70.1 Å². The quantitative estimate of drug-likeness (QED) is 0.0127. The number of aromatic nitrogens is 28. The predicted octanol–water partition coefficient (Wildman–Crippen LogP) is 14.5. The second-order valence-electron chi connectivity index (χ2n) is 25.6. The van der Waals surface area contributed by atoms with Crippen LogP contribution >= 0.6 is 265 Å². The fourth-order valence-corrected chi connectivity index (χ4v) is 28.5. The SMILES string of the molecule is C.CCI.CCSc1ncnc2c1c(I)nn2[C@H]1CC(C)[C@@H](CC)O1.CCSc1ncnc2n[nH]c(I)c12.CC[C@H]1O[C@H](Cl)CC1C.COc1ncnc2c1c(I)nn2[C@H]1CC(O)[C@@H](CO)O1.ICI.N.Nc1ncnc2c1c(I)nn2[C@H]1CC(O)[C@@H](CO)O1.O.O=c1[nH]cnc2[nH]ncc12.O=c1[nH]cnc2n[nH]c(I)c12.S=PP=S=S=S=S.S=c1nc[nH]c2n[nH]c(I)c12. The Labute approximate surface area is 906 Å². The van der Waals surface area contributed by atoms with E-state index < -0.39 is 36.9 Å². The van der Waals surface area contributed by atoms with E-state index in [1.165, 1.54) is 61.4 Å². The molecule has 4 fully saturated rings. The number of nitrogens with one attached hydrogen (secondary N) is 7. The van der Waals surface area contributed by atoms with Crippen LogP contribution in [0.1, 0.15) is 113 Å². The van der Waals surface area contributed by atoms with Gasteiger partial charge in [-0.2, -0.15) is 35.7 Å². The Bertz CT molecular complexity index is 6140. The number of nitrogens with two attached hydrogens (primary N) is 1. The van der Waals surface area contributed by atoms with E-state index >= 15 is 0 Å². The first-order chi connectivity index (χ1) is 61.2. The topological polar surface area (TPSA) is 611 Å². The van der Waals surface area contributed by atoms with Gasteiger partial charge in [0.1, 0.15) is 102 Å². The van der Waals surface area contributed by atoms with Gasteiger partial charge in [0.2, 0.25) is 5.88 Å². The molecule has 0 radical (unpaired) electrons. The third kappa shape index (κ3) is 32.9. The average molecular weight is 3020 g/mol. The van der Waals surface area contributed by atoms with Crippen molar-refractivity contribution in [2.45, 2.75) is 165 Å². The first-order valence-electron chi connectivity index (χ1n) is 37.4. The monoisotopic (exact) mass is 3010 g/mol. The number of methoxy groups -OCH3 is 1. The minimum absolute atomic E-state index is 0. The number of aliphatic hydroxyl groups excluding tert-OH is 4. The van der Waals surface area contributed by atoms with Gasteiger partial charge in [-0.05, 0) is 239 Å². The summed E-state index contributed by atoms with van der Waals surface area (Å²) in [5, 5.41) is 85.1. The van der Waals surface area contributed by atoms with Crippen LogP contribution in [0.3, 0.4) is 0 Å². The maximum Gasteiger partial charge on any atom is 0.262 e. The van der Waals surface area contributed by atoms with Crippen molar-refractivity contribution >= 4 is 398 Å². The summed E-state index contributed by atoms with van der Waals surface area (Å²) in [5.41, 5.74) is 9.97. The number of hydrogen-bond acceptors (Lipinski definition) is 36. The molecule has 0 bridgehead atoms. The molecule has 130 heavy (non-hydrogen) atoms. The van der Waals surface area contributed by atoms with Gasteiger partial charge >= 0.3 is 0 Å². The molecule has 18 heterocycles. The molecule has 12 atom stereocenters. The molecule has 4 aliphatic heterocycles. The van der Waals surface area contributed by atoms with Crippen molar-refractivity contribution in [3.63, 3.8) is 0 Å². The van der Waals surface area contributed by atoms with Gasteiger partial charge in [0.15, 0.2) is 58.2 Å². The van der Waals surface area contributed by atoms with E-state index in [2.05, 4.69) is 378 Å². The van der Waals surface area contributed by atoms with Gasteiger partial charge in [0.05, 0.1) is 93.9 Å². The third-order valence-corrected chi connectivity index (χ3v) is 34.7. The highest BCUT2D eigenvalue weighted by Crippen LogP contribution is 2.40. The minimum Gasteiger partial charge on any atom is -0.480 e. The molecule has 18 rings (SSSR count). The number of nitrogens with zero attached hydrogens (tertiary/aromatic N) is 21. The lowest BCUT2D eigenvalue weighted by atomic mass is 10.0. The minimum atomic E-state index is -0.717. The maximum absolute atomic E-state index is 11.1. The van der Waals surface area contributed by atoms with Crippen molar-refractivity contribution in [3.8, 4) is 5.88 Å². The number of thioether (sulfide) groups is 2. The van der Waals surface area contributed by atoms with Crippen LogP contribution in [-0.4, -0.2) is 247 Å². The summed E-state index contributed by atoms with van der Waals surface area (Å²) < 4.78 is 41.0. The van der Waals surface area contributed by atoms with Gasteiger partial charge in [0, 0.05) is 26.9 Å². The van der Waals surface area contributed by atoms with Crippen LogP contribution in [-0.2, 0) is 69.2 Å². The first kappa shape index (κ1) is 119. The van der Waals surface area contributed by atoms with Crippen molar-refractivity contribution < 1.29 is 49.6 Å². The van der Waals surface area contributed by atoms with Crippen LogP contribution in [0.2, 0.25) is 0 Å². The molecule has 14 aromatic heterocycles. The van der Waals surface area contributed by atoms with E-state index in [-0.39, 0.29) is 55.2 Å². The highest BCUT2D eigenvalue weighted by molar-refractivity contribution is 14.2. The zero-order valence-electron chi connectivity index (χ0n) is 68.8. The van der Waals surface area contributed by atoms with Gasteiger partial charge in [-0.25, -0.2) is 68.9 Å². The van der Waals surface area contributed by atoms with Gasteiger partial charge in [-0.3, -0.25) is 30.0 Å². The zero-order valence-corrected chi connectivity index (χ0v) is 97.3. The van der Waals surface area contributed by atoms with Crippen LogP contribution in [0.5, 0.6) is 5.88 Å². The molecular formula is C68H90ClI9N30O12P2S8. The summed E-state index contributed by atoms with van der Waals surface area (Å²) >= 11 is 43.0. The Hall–Kier alpha value is -1.87. The predicted molar refractivity (Wildman–Crippen MR) is 599 cm³/mol. The molecule has 0 amide bonds. The van der Waals surface area contributed by atoms with Crippen molar-refractivity contribution in [1.29, 1.82) is 0 Å². The van der Waals surface area contributed by atoms with E-state index in [9.17, 15) is 19.8 Å². The Balaban J connectivity index is 0.000000261. The number of rotatable bonds is 13. The lowest BCUT2D eigenvalue weighted by Gasteiger charge is -2.13. The number of fused-ring (bicyclic) bond motifs is 7. The number of halogens is 10. The molecule has 4 aliphatic rings. The molecule has 4 saturated heterocycles. The van der Waals surface area contributed by atoms with Gasteiger partial charge in [-0.1, -0.05) is 147 Å². The fourth-order valence-electron chi connectivity index (χ4n) is 12.2. The summed E-state index contributed by atoms with van der Waals surface area (Å²) in [6.45, 7) is 14.6. The summed E-state index contributed by atoms with van der Waals surface area (Å²) in [7, 11) is 8.36. The zero-order chi connectivity index (χ0) is 92.6. The van der Waals surface area contributed by atoms with Crippen molar-refractivity contribution in [2.24, 2.45) is 11.8 Å². The molecule has 0 saturated carbocycles. The van der Waals surface area contributed by atoms with Crippen molar-refractivity contribution in [2.75, 3.05) is 44.4 Å². The Morgan fingerprint density at radius 2 is 1.05 bits per heavy atom. The molecule has 18 N–H and O–H groups in total. The van der Waals surface area contributed by atoms with Crippen LogP contribution in [0.25, 0.3) is 77.2 Å². The molecule has 0 spiro atoms. The maximum atomic E-state index is 11.1. The Morgan fingerprint density at radius 3 is 1.55 bits per heavy atom. The van der Waals surface area contributed by atoms with Gasteiger partial charge in [0.25, 0.3) is 11.1 Å². The second-order valence-corrected chi connectivity index (χ2v) is 51.0. The molecular weight excluding hydrogens is 2930 g/mol. The average Bonchev–Trinajstić information content (AvgIpc) is 1.62. The number of nitrogen functional groups attached to an aromatic ring is 1. The number of anilines is 1. The smallest absolute Gasteiger partial charge is 0.262 e. The number of aromatic amines is 7. The van der Waals surface area contributed by atoms with Gasteiger partial charge in [-0.15, -0.1) is 23.5 Å². The standard InChI is InChI=1S/C14H19IN4OS.C11H13IN4O4.C10H12IN5O3.C7H13ClO.C7H7IN4S.C5H3IN4O.C5H3IN4S.C5H4N4O.C2H5I.CH2I2.CH4.H3N.H2O.P2S5/c1-4-9-8(3)6-10(20-9)19-13-11(12(15)18-19)14(21-5-2)17-7-16-13;1-19-11-8-9(12)15-16(10(8)13-4-14-11)7-2-5(18)6(3-17)20-7;11-8-7-9(12)13-3-14-10(7)16(15-8)6-1-4(18)5(2-17)19-6;1-3-6-5(2)4-7(8)9-6;1-2-13-7-4-5(8)11-12-6(4)9-3-10-7;2*6-3-2-4(10-9-3)7-1-8-5(2)11;10-5-3-1-8-9-4(3)6-2-7-5;1-2-3;2-1-3;;;;3-1-2-5-7-6-4/h7-10H,4-6H2,1-3H3;4-7,17-18H,2-3H2,1H3;3-6,17-18H,1-2H2,(H2,12,13,14);5-7H,3-4H2,1-2H3;3H,2H2,1H3,(H,9,10,11,12);2*1H,(H2,7,8,9,10,11);1-2H,(H2,6,7,8,9,10);2H2,1H3;1H2;1H4;1H3;1H2;/t8?,9-,10-;5?,6-,7-;4?,5-,6-;5?,6-,7+;;;;;;;;;;/m1111........../s1. The molecule has 0 aromatic carbocycles. The molecule has 4 unspecified atom stereocenters. The summed E-state index contributed by atoms with van der Waals surface area (Å²) in [5.74, 6) is 4.01. The lowest BCUT2D eigenvalue weighted by molar-refractivity contribution is -0.0471. The number of aliphatic hydroxyl groups is 4. The molecule has 0 aliphatic carbocycles. The number of ether oxygens (including phenoxy) is 5. The third-order valence-electron chi connectivity index (χ3n) is 17.8. The van der Waals surface area contributed by atoms with Gasteiger partial charge < -0.3 is 76.4 Å². The first-order valence-corrected chi connectivity index (χ1v) is 59.8. The van der Waals surface area contributed by atoms with Crippen LogP contribution in [0, 0.1) is 38.7 Å². The Kier molecular flexibility index (Phi) is 56.2. The number of alkyl halides is 4. The van der Waals surface area contributed by atoms with Crippen LogP contribution in [0.4, 0.5) is 5.82 Å². The number of H-pyrrole nitrogens is 7. The van der Waals surface area contributed by atoms with E-state index in [0.29, 0.717) is 108 Å². The van der Waals surface area contributed by atoms with E-state index in [1.807, 2.05) is 27.3 Å². The summed E-state index contributed by atoms with van der Waals surface area (Å²) in [4.78, 5) is 74.9. The summed E-state index contributed by atoms with van der Waals surface area (Å²) in [6, 6.07) is 0. The normalized spacial score (nSPS) is 19.6. The van der Waals surface area contributed by atoms with Crippen molar-refractivity contribution in [1.82, 2.24) is 146 Å². The van der Waals surface area contributed by atoms with E-state index in [1.54, 1.807) is 70.2 Å². The highest BCUT2D eigenvalue weighted by atomic mass is 127. The molecule has 42 nitrogen and oxygen atoms in total. The Morgan fingerprint density at radius 1 is 0.585 bits per heavy atom.